The molecule has 14 heteroatoms. The standard InChI is InChI=1S/C67H127NO13/c1-3-5-7-9-11-13-15-16-17-18-19-20-21-22-23-24-25-26-27-28-29-30-31-32-33-34-35-36-37-38-39-40-41-43-45-47-49-51-59(72)68-55(56(71)50-48-46-44-42-14-12-10-8-6-4-2)54-78-66-64(77)62(75)65(58(53-70)80-66)81-67-63(76)61(74)60(73)57(52-69)79-67/h18-19,48,50,55-58,60-67,69-71,73-77H,3-17,20-47,49,51-54H2,1-2H3,(H,68,72)/b19-18-,50-48+. The summed E-state index contributed by atoms with van der Waals surface area (Å²) in [7, 11) is 0. The third kappa shape index (κ3) is 37.6. The predicted molar refractivity (Wildman–Crippen MR) is 328 cm³/mol. The van der Waals surface area contributed by atoms with Crippen LogP contribution < -0.4 is 5.32 Å². The first-order chi connectivity index (χ1) is 39.6. The molecule has 0 aliphatic carbocycles. The minimum atomic E-state index is -1.79. The second kappa shape index (κ2) is 52.8. The summed E-state index contributed by atoms with van der Waals surface area (Å²) in [6, 6.07) is -0.910. The lowest BCUT2D eigenvalue weighted by atomic mass is 9.97. The van der Waals surface area contributed by atoms with E-state index in [2.05, 4.69) is 31.3 Å². The van der Waals surface area contributed by atoms with Gasteiger partial charge in [0, 0.05) is 6.42 Å². The van der Waals surface area contributed by atoms with Crippen molar-refractivity contribution in [1.82, 2.24) is 5.32 Å². The van der Waals surface area contributed by atoms with Crippen molar-refractivity contribution in [3.63, 3.8) is 0 Å². The summed E-state index contributed by atoms with van der Waals surface area (Å²) in [5.41, 5.74) is 0. The number of allylic oxidation sites excluding steroid dienone is 3. The molecular formula is C67H127NO13. The van der Waals surface area contributed by atoms with Crippen LogP contribution in [0.15, 0.2) is 24.3 Å². The number of nitrogens with one attached hydrogen (secondary N) is 1. The third-order valence-electron chi connectivity index (χ3n) is 16.9. The maximum absolute atomic E-state index is 13.2. The zero-order valence-corrected chi connectivity index (χ0v) is 51.8. The summed E-state index contributed by atoms with van der Waals surface area (Å²) < 4.78 is 22.8. The molecule has 0 radical (unpaired) electrons. The minimum Gasteiger partial charge on any atom is -0.394 e. The number of ether oxygens (including phenoxy) is 4. The van der Waals surface area contributed by atoms with Gasteiger partial charge in [-0.15, -0.1) is 0 Å². The Morgan fingerprint density at radius 2 is 0.778 bits per heavy atom. The number of unbranched alkanes of at least 4 members (excludes halogenated alkanes) is 41. The highest BCUT2D eigenvalue weighted by Gasteiger charge is 2.51. The van der Waals surface area contributed by atoms with Gasteiger partial charge in [0.25, 0.3) is 0 Å². The van der Waals surface area contributed by atoms with Crippen molar-refractivity contribution >= 4 is 5.91 Å². The highest BCUT2D eigenvalue weighted by molar-refractivity contribution is 5.76. The molecule has 0 aromatic carbocycles. The van der Waals surface area contributed by atoms with Gasteiger partial charge >= 0.3 is 0 Å². The van der Waals surface area contributed by atoms with Gasteiger partial charge in [0.1, 0.15) is 48.8 Å². The molecule has 0 aromatic rings. The van der Waals surface area contributed by atoms with Gasteiger partial charge in [-0.1, -0.05) is 276 Å². The van der Waals surface area contributed by atoms with Crippen LogP contribution in [0.5, 0.6) is 0 Å². The number of hydrogen-bond donors (Lipinski definition) is 9. The molecule has 0 spiro atoms. The smallest absolute Gasteiger partial charge is 0.220 e. The van der Waals surface area contributed by atoms with E-state index in [0.29, 0.717) is 6.42 Å². The van der Waals surface area contributed by atoms with Gasteiger partial charge in [-0.2, -0.15) is 0 Å². The van der Waals surface area contributed by atoms with Gasteiger partial charge in [0.05, 0.1) is 32.0 Å². The fourth-order valence-electron chi connectivity index (χ4n) is 11.4. The Morgan fingerprint density at radius 3 is 1.17 bits per heavy atom. The van der Waals surface area contributed by atoms with Crippen LogP contribution in [-0.2, 0) is 23.7 Å². The molecule has 0 bridgehead atoms. The summed E-state index contributed by atoms with van der Waals surface area (Å²) in [4.78, 5) is 13.2. The van der Waals surface area contributed by atoms with Crippen molar-refractivity contribution in [1.29, 1.82) is 0 Å². The van der Waals surface area contributed by atoms with Crippen molar-refractivity contribution in [2.75, 3.05) is 19.8 Å². The van der Waals surface area contributed by atoms with Crippen LogP contribution in [0.1, 0.15) is 303 Å². The van der Waals surface area contributed by atoms with E-state index in [-0.39, 0.29) is 18.9 Å². The molecule has 478 valence electrons. The zero-order chi connectivity index (χ0) is 58.8. The van der Waals surface area contributed by atoms with Crippen molar-refractivity contribution in [2.45, 2.75) is 376 Å². The molecule has 2 saturated heterocycles. The van der Waals surface area contributed by atoms with Crippen LogP contribution in [-0.4, -0.2) is 140 Å². The monoisotopic (exact) mass is 1150 g/mol. The second-order valence-electron chi connectivity index (χ2n) is 24.3. The lowest BCUT2D eigenvalue weighted by molar-refractivity contribution is -0.359. The number of hydrogen-bond acceptors (Lipinski definition) is 13. The average molecular weight is 1150 g/mol. The predicted octanol–water partition coefficient (Wildman–Crippen LogP) is 13.2. The Balaban J connectivity index is 1.53. The number of carbonyl (C=O) groups is 1. The summed E-state index contributed by atoms with van der Waals surface area (Å²) >= 11 is 0. The van der Waals surface area contributed by atoms with E-state index in [1.54, 1.807) is 6.08 Å². The van der Waals surface area contributed by atoms with Crippen LogP contribution in [0.3, 0.4) is 0 Å². The molecule has 12 unspecified atom stereocenters. The van der Waals surface area contributed by atoms with Crippen molar-refractivity contribution < 1.29 is 64.6 Å². The number of amides is 1. The van der Waals surface area contributed by atoms with E-state index in [0.717, 1.165) is 38.5 Å². The van der Waals surface area contributed by atoms with Crippen LogP contribution in [0.25, 0.3) is 0 Å². The van der Waals surface area contributed by atoms with E-state index in [4.69, 9.17) is 18.9 Å². The van der Waals surface area contributed by atoms with Crippen molar-refractivity contribution in [2.24, 2.45) is 0 Å². The largest absolute Gasteiger partial charge is 0.394 e. The molecule has 2 heterocycles. The lowest BCUT2D eigenvalue weighted by Crippen LogP contribution is -2.65. The number of aliphatic hydroxyl groups excluding tert-OH is 8. The lowest BCUT2D eigenvalue weighted by Gasteiger charge is -2.46. The van der Waals surface area contributed by atoms with Gasteiger partial charge in [-0.25, -0.2) is 0 Å². The molecule has 0 saturated carbocycles. The molecule has 2 fully saturated rings. The highest BCUT2D eigenvalue weighted by Crippen LogP contribution is 2.30. The average Bonchev–Trinajstić information content (AvgIpc) is 3.51. The van der Waals surface area contributed by atoms with Gasteiger partial charge in [-0.05, 0) is 44.9 Å². The molecule has 0 aromatic heterocycles. The van der Waals surface area contributed by atoms with Gasteiger partial charge in [0.2, 0.25) is 5.91 Å². The van der Waals surface area contributed by atoms with E-state index in [9.17, 15) is 45.6 Å². The molecule has 2 aliphatic rings. The van der Waals surface area contributed by atoms with Crippen molar-refractivity contribution in [3.05, 3.63) is 24.3 Å². The van der Waals surface area contributed by atoms with E-state index in [1.165, 1.54) is 238 Å². The summed E-state index contributed by atoms with van der Waals surface area (Å²) in [6.45, 7) is 2.79. The fourth-order valence-corrected chi connectivity index (χ4v) is 11.4. The Hall–Kier alpha value is -1.53. The number of carbonyl (C=O) groups excluding carboxylic acids is 1. The van der Waals surface area contributed by atoms with E-state index in [1.807, 2.05) is 6.08 Å². The van der Waals surface area contributed by atoms with Crippen molar-refractivity contribution in [3.8, 4) is 0 Å². The third-order valence-corrected chi connectivity index (χ3v) is 16.9. The topological polar surface area (TPSA) is 228 Å². The molecule has 2 aliphatic heterocycles. The first-order valence-electron chi connectivity index (χ1n) is 34.1. The Morgan fingerprint density at radius 1 is 0.432 bits per heavy atom. The second-order valence-corrected chi connectivity index (χ2v) is 24.3. The molecule has 12 atom stereocenters. The first kappa shape index (κ1) is 75.6. The van der Waals surface area contributed by atoms with Gasteiger partial charge in [-0.3, -0.25) is 4.79 Å². The van der Waals surface area contributed by atoms with Crippen LogP contribution in [0.4, 0.5) is 0 Å². The zero-order valence-electron chi connectivity index (χ0n) is 51.8. The SMILES string of the molecule is CCCCCCCCCC/C=C\CCCCCCCCCCCCCCCCCCCCCCCCCCCC(=O)NC(COC1OC(CO)C(OC2OC(CO)C(O)C(O)C2O)C(O)C1O)C(O)/C=C/CCCCCCCCCC. The summed E-state index contributed by atoms with van der Waals surface area (Å²) in [6.07, 6.45) is 48.5. The molecule has 9 N–H and O–H groups in total. The summed E-state index contributed by atoms with van der Waals surface area (Å²) in [5, 5.41) is 87.0. The molecule has 14 nitrogen and oxygen atoms in total. The molecule has 2 rings (SSSR count). The van der Waals surface area contributed by atoms with Crippen LogP contribution >= 0.6 is 0 Å². The fraction of sp³-hybridized carbons (Fsp3) is 0.925. The Bertz CT molecular complexity index is 1450. The number of aliphatic hydroxyl groups is 8. The number of rotatable bonds is 56. The highest BCUT2D eigenvalue weighted by atomic mass is 16.7. The minimum absolute atomic E-state index is 0.236. The van der Waals surface area contributed by atoms with Gasteiger partial charge in [0.15, 0.2) is 12.6 Å². The molecule has 1 amide bonds. The maximum Gasteiger partial charge on any atom is 0.220 e. The van der Waals surface area contributed by atoms with E-state index < -0.39 is 86.8 Å². The van der Waals surface area contributed by atoms with Gasteiger partial charge < -0.3 is 65.1 Å². The van der Waals surface area contributed by atoms with E-state index >= 15 is 0 Å². The first-order valence-corrected chi connectivity index (χ1v) is 34.1. The normalized spacial score (nSPS) is 24.2. The van der Waals surface area contributed by atoms with Crippen LogP contribution in [0.2, 0.25) is 0 Å². The quantitative estimate of drug-likeness (QED) is 0.0204. The Labute approximate surface area is 494 Å². The molecular weight excluding hydrogens is 1030 g/mol. The molecule has 81 heavy (non-hydrogen) atoms. The maximum atomic E-state index is 13.2. The Kier molecular flexibility index (Phi) is 49.2. The summed E-state index contributed by atoms with van der Waals surface area (Å²) in [5.74, 6) is -0.236. The van der Waals surface area contributed by atoms with Crippen LogP contribution in [0, 0.1) is 0 Å².